The summed E-state index contributed by atoms with van der Waals surface area (Å²) < 4.78 is 15.0. The van der Waals surface area contributed by atoms with E-state index in [2.05, 4.69) is 20.7 Å². The smallest absolute Gasteiger partial charge is 0.124 e. The van der Waals surface area contributed by atoms with Gasteiger partial charge in [-0.05, 0) is 31.7 Å². The van der Waals surface area contributed by atoms with Crippen molar-refractivity contribution in [1.82, 2.24) is 4.72 Å². The Kier molecular flexibility index (Phi) is 3.43. The predicted octanol–water partition coefficient (Wildman–Crippen LogP) is 2.00. The summed E-state index contributed by atoms with van der Waals surface area (Å²) >= 11 is 3.33. The second-order valence-corrected chi connectivity index (χ2v) is 4.68. The Balaban J connectivity index is 3.13. The minimum Gasteiger partial charge on any atom is -0.238 e. The summed E-state index contributed by atoms with van der Waals surface area (Å²) in [7, 11) is 0.585. The summed E-state index contributed by atoms with van der Waals surface area (Å²) in [5.74, 6) is 0. The Bertz CT molecular complexity index is 314. The number of benzene rings is 1. The Labute approximate surface area is 83.1 Å². The highest BCUT2D eigenvalue weighted by atomic mass is 79.9. The number of rotatable bonds is 2. The van der Waals surface area contributed by atoms with E-state index in [-0.39, 0.29) is 0 Å². The molecule has 1 aromatic rings. The second kappa shape index (κ2) is 4.16. The minimum atomic E-state index is -1.09. The molecule has 1 unspecified atom stereocenters. The summed E-state index contributed by atoms with van der Waals surface area (Å²) in [5, 5.41) is 0. The van der Waals surface area contributed by atoms with E-state index in [9.17, 15) is 4.21 Å². The molecule has 2 nitrogen and oxygen atoms in total. The maximum Gasteiger partial charge on any atom is 0.124 e. The van der Waals surface area contributed by atoms with Crippen LogP contribution in [0, 0.1) is 6.92 Å². The third kappa shape index (κ3) is 2.15. The quantitative estimate of drug-likeness (QED) is 0.852. The lowest BCUT2D eigenvalue weighted by molar-refractivity contribution is 0.677. The molecular formula is C8H10BrNOS. The lowest BCUT2D eigenvalue weighted by atomic mass is 10.2. The fraction of sp³-hybridized carbons (Fsp3) is 0.250. The second-order valence-electron chi connectivity index (χ2n) is 2.38. The van der Waals surface area contributed by atoms with E-state index >= 15 is 0 Å². The van der Waals surface area contributed by atoms with Crippen molar-refractivity contribution in [3.63, 3.8) is 0 Å². The van der Waals surface area contributed by atoms with E-state index in [0.29, 0.717) is 0 Å². The van der Waals surface area contributed by atoms with Crippen LogP contribution in [-0.2, 0) is 11.0 Å². The zero-order valence-electron chi connectivity index (χ0n) is 6.93. The third-order valence-electron chi connectivity index (χ3n) is 1.54. The average molecular weight is 248 g/mol. The van der Waals surface area contributed by atoms with Gasteiger partial charge in [0.1, 0.15) is 11.0 Å². The van der Waals surface area contributed by atoms with Crippen LogP contribution in [0.2, 0.25) is 0 Å². The van der Waals surface area contributed by atoms with Crippen LogP contribution in [0.4, 0.5) is 0 Å². The van der Waals surface area contributed by atoms with E-state index in [1.807, 2.05) is 25.1 Å². The van der Waals surface area contributed by atoms with Crippen LogP contribution in [0.1, 0.15) is 5.56 Å². The van der Waals surface area contributed by atoms with Crippen molar-refractivity contribution in [1.29, 1.82) is 0 Å². The zero-order chi connectivity index (χ0) is 9.14. The van der Waals surface area contributed by atoms with Gasteiger partial charge in [0.05, 0.1) is 4.90 Å². The number of nitrogens with one attached hydrogen (secondary N) is 1. The van der Waals surface area contributed by atoms with E-state index < -0.39 is 11.0 Å². The summed E-state index contributed by atoms with van der Waals surface area (Å²) in [4.78, 5) is 0.826. The number of halogens is 1. The number of hydrogen-bond acceptors (Lipinski definition) is 1. The van der Waals surface area contributed by atoms with Crippen LogP contribution >= 0.6 is 15.9 Å². The third-order valence-corrected chi connectivity index (χ3v) is 3.24. The molecule has 1 N–H and O–H groups in total. The summed E-state index contributed by atoms with van der Waals surface area (Å²) in [6.45, 7) is 1.94. The molecule has 0 saturated heterocycles. The van der Waals surface area contributed by atoms with Gasteiger partial charge in [0.2, 0.25) is 0 Å². The van der Waals surface area contributed by atoms with Gasteiger partial charge in [-0.15, -0.1) is 0 Å². The lowest BCUT2D eigenvalue weighted by Gasteiger charge is -2.04. The normalized spacial score (nSPS) is 12.9. The van der Waals surface area contributed by atoms with Gasteiger partial charge >= 0.3 is 0 Å². The first-order valence-electron chi connectivity index (χ1n) is 3.50. The van der Waals surface area contributed by atoms with Crippen molar-refractivity contribution in [2.45, 2.75) is 11.8 Å². The molecule has 0 amide bonds. The van der Waals surface area contributed by atoms with E-state index in [1.54, 1.807) is 7.05 Å². The highest BCUT2D eigenvalue weighted by Crippen LogP contribution is 2.17. The molecule has 0 heterocycles. The molecule has 0 spiro atoms. The van der Waals surface area contributed by atoms with Crippen LogP contribution < -0.4 is 4.72 Å². The summed E-state index contributed by atoms with van der Waals surface area (Å²) in [5.41, 5.74) is 1.03. The van der Waals surface area contributed by atoms with E-state index in [1.165, 1.54) is 0 Å². The van der Waals surface area contributed by atoms with Crippen molar-refractivity contribution in [3.8, 4) is 0 Å². The average Bonchev–Trinajstić information content (AvgIpc) is 2.08. The predicted molar refractivity (Wildman–Crippen MR) is 54.3 cm³/mol. The molecule has 1 aromatic carbocycles. The molecule has 0 aliphatic carbocycles. The molecule has 66 valence electrons. The molecule has 12 heavy (non-hydrogen) atoms. The molecule has 0 aliphatic rings. The van der Waals surface area contributed by atoms with Crippen molar-refractivity contribution in [2.24, 2.45) is 0 Å². The highest BCUT2D eigenvalue weighted by molar-refractivity contribution is 9.10. The monoisotopic (exact) mass is 247 g/mol. The first-order chi connectivity index (χ1) is 5.65. The SMILES string of the molecule is CNS(=O)c1cc(Br)ccc1C. The van der Waals surface area contributed by atoms with Gasteiger partial charge in [0, 0.05) is 4.47 Å². The van der Waals surface area contributed by atoms with Crippen LogP contribution in [-0.4, -0.2) is 11.3 Å². The Morgan fingerprint density at radius 1 is 1.50 bits per heavy atom. The van der Waals surface area contributed by atoms with Gasteiger partial charge in [-0.25, -0.2) is 8.93 Å². The summed E-state index contributed by atoms with van der Waals surface area (Å²) in [6.07, 6.45) is 0. The first-order valence-corrected chi connectivity index (χ1v) is 5.44. The van der Waals surface area contributed by atoms with Crippen LogP contribution in [0.15, 0.2) is 27.6 Å². The maximum absolute atomic E-state index is 11.4. The molecule has 0 aromatic heterocycles. The highest BCUT2D eigenvalue weighted by Gasteiger charge is 2.04. The molecular weight excluding hydrogens is 238 g/mol. The van der Waals surface area contributed by atoms with Crippen molar-refractivity contribution < 1.29 is 4.21 Å². The zero-order valence-corrected chi connectivity index (χ0v) is 9.33. The van der Waals surface area contributed by atoms with Crippen molar-refractivity contribution >= 4 is 26.9 Å². The van der Waals surface area contributed by atoms with Gasteiger partial charge < -0.3 is 0 Å². The van der Waals surface area contributed by atoms with Crippen molar-refractivity contribution in [2.75, 3.05) is 7.05 Å². The van der Waals surface area contributed by atoms with Gasteiger partial charge in [0.15, 0.2) is 0 Å². The molecule has 0 bridgehead atoms. The fourth-order valence-electron chi connectivity index (χ4n) is 0.884. The molecule has 0 saturated carbocycles. The molecule has 1 atom stereocenters. The van der Waals surface area contributed by atoms with Crippen molar-refractivity contribution in [3.05, 3.63) is 28.2 Å². The number of aryl methyl sites for hydroxylation is 1. The molecule has 4 heteroatoms. The number of hydrogen-bond donors (Lipinski definition) is 1. The van der Waals surface area contributed by atoms with Gasteiger partial charge in [0.25, 0.3) is 0 Å². The van der Waals surface area contributed by atoms with Crippen LogP contribution in [0.3, 0.4) is 0 Å². The molecule has 0 fully saturated rings. The van der Waals surface area contributed by atoms with Crippen LogP contribution in [0.25, 0.3) is 0 Å². The minimum absolute atomic E-state index is 0.826. The Hall–Kier alpha value is -0.190. The van der Waals surface area contributed by atoms with Gasteiger partial charge in [-0.1, -0.05) is 22.0 Å². The molecule has 0 radical (unpaired) electrons. The molecule has 0 aliphatic heterocycles. The fourth-order valence-corrected chi connectivity index (χ4v) is 2.21. The Morgan fingerprint density at radius 2 is 2.17 bits per heavy atom. The topological polar surface area (TPSA) is 29.1 Å². The summed E-state index contributed by atoms with van der Waals surface area (Å²) in [6, 6.07) is 5.74. The molecule has 1 rings (SSSR count). The largest absolute Gasteiger partial charge is 0.238 e. The lowest BCUT2D eigenvalue weighted by Crippen LogP contribution is -2.11. The van der Waals surface area contributed by atoms with E-state index in [4.69, 9.17) is 0 Å². The van der Waals surface area contributed by atoms with Crippen LogP contribution in [0.5, 0.6) is 0 Å². The van der Waals surface area contributed by atoms with E-state index in [0.717, 1.165) is 14.9 Å². The Morgan fingerprint density at radius 3 is 2.75 bits per heavy atom. The standard InChI is InChI=1S/C8H10BrNOS/c1-6-3-4-7(9)5-8(6)12(11)10-2/h3-5,10H,1-2H3. The van der Waals surface area contributed by atoms with Gasteiger partial charge in [-0.3, -0.25) is 0 Å². The maximum atomic E-state index is 11.4. The van der Waals surface area contributed by atoms with Gasteiger partial charge in [-0.2, -0.15) is 0 Å². The first kappa shape index (κ1) is 9.89.